The van der Waals surface area contributed by atoms with E-state index >= 15 is 0 Å². The molecule has 2 aromatic rings. The lowest BCUT2D eigenvalue weighted by atomic mass is 10.1. The molecule has 0 saturated carbocycles. The number of nitrogens with two attached hydrogens (primary N) is 1. The van der Waals surface area contributed by atoms with Crippen LogP contribution in [0, 0.1) is 0 Å². The molecule has 1 heterocycles. The maximum absolute atomic E-state index is 8.94. The van der Waals surface area contributed by atoms with Crippen LogP contribution in [0.2, 0.25) is 0 Å². The lowest BCUT2D eigenvalue weighted by molar-refractivity contribution is 0.300. The largest absolute Gasteiger partial charge is 0.399 e. The van der Waals surface area contributed by atoms with Crippen LogP contribution < -0.4 is 11.1 Å². The zero-order valence-corrected chi connectivity index (χ0v) is 10.3. The number of anilines is 2. The molecule has 0 amide bonds. The Morgan fingerprint density at radius 2 is 2.18 bits per heavy atom. The maximum Gasteiger partial charge on any atom is 0.0494 e. The molecule has 0 aliphatic carbocycles. The maximum atomic E-state index is 8.94. The first-order chi connectivity index (χ1) is 8.29. The van der Waals surface area contributed by atoms with E-state index in [0.29, 0.717) is 6.42 Å². The van der Waals surface area contributed by atoms with Crippen molar-refractivity contribution in [3.05, 3.63) is 46.2 Å². The molecule has 0 fully saturated rings. The molecule has 0 saturated heterocycles. The normalized spacial score (nSPS) is 10.4. The summed E-state index contributed by atoms with van der Waals surface area (Å²) in [7, 11) is 0. The summed E-state index contributed by atoms with van der Waals surface area (Å²) in [5.41, 5.74) is 8.59. The van der Waals surface area contributed by atoms with E-state index in [2.05, 4.69) is 16.8 Å². The number of thiophene rings is 1. The highest BCUT2D eigenvalue weighted by molar-refractivity contribution is 7.09. The lowest BCUT2D eigenvalue weighted by Crippen LogP contribution is -2.01. The number of benzene rings is 1. The Hall–Kier alpha value is -1.52. The number of nitrogens with one attached hydrogen (secondary N) is 1. The molecule has 0 unspecified atom stereocenters. The topological polar surface area (TPSA) is 58.3 Å². The molecule has 2 rings (SSSR count). The summed E-state index contributed by atoms with van der Waals surface area (Å²) < 4.78 is 0. The standard InChI is InChI=1S/C13H16N2OS/c14-13-4-3-11(8-10(13)5-6-16)15-9-12-2-1-7-17-12/h1-4,7-8,15-16H,5-6,9,14H2. The Labute approximate surface area is 105 Å². The van der Waals surface area contributed by atoms with Gasteiger partial charge in [-0.25, -0.2) is 0 Å². The van der Waals surface area contributed by atoms with Crippen molar-refractivity contribution in [1.29, 1.82) is 0 Å². The van der Waals surface area contributed by atoms with Gasteiger partial charge in [0.1, 0.15) is 0 Å². The first-order valence-electron chi connectivity index (χ1n) is 5.55. The SMILES string of the molecule is Nc1ccc(NCc2cccs2)cc1CCO. The average molecular weight is 248 g/mol. The van der Waals surface area contributed by atoms with Crippen molar-refractivity contribution in [2.75, 3.05) is 17.7 Å². The fourth-order valence-electron chi connectivity index (χ4n) is 1.66. The number of nitrogen functional groups attached to an aromatic ring is 1. The average Bonchev–Trinajstić information content (AvgIpc) is 2.83. The zero-order valence-electron chi connectivity index (χ0n) is 9.52. The van der Waals surface area contributed by atoms with Crippen molar-refractivity contribution in [3.8, 4) is 0 Å². The lowest BCUT2D eigenvalue weighted by Gasteiger charge is -2.09. The molecule has 0 radical (unpaired) electrons. The summed E-state index contributed by atoms with van der Waals surface area (Å²) in [6, 6.07) is 9.98. The molecule has 90 valence electrons. The molecule has 0 aliphatic rings. The van der Waals surface area contributed by atoms with Gasteiger partial charge in [-0.15, -0.1) is 11.3 Å². The molecule has 3 nitrogen and oxygen atoms in total. The molecular formula is C13H16N2OS. The third-order valence-electron chi connectivity index (χ3n) is 2.57. The molecule has 0 spiro atoms. The van der Waals surface area contributed by atoms with Crippen LogP contribution in [0.15, 0.2) is 35.7 Å². The summed E-state index contributed by atoms with van der Waals surface area (Å²) in [6.07, 6.45) is 0.598. The minimum atomic E-state index is 0.124. The minimum absolute atomic E-state index is 0.124. The quantitative estimate of drug-likeness (QED) is 0.712. The molecule has 4 N–H and O–H groups in total. The van der Waals surface area contributed by atoms with E-state index in [1.165, 1.54) is 4.88 Å². The van der Waals surface area contributed by atoms with Gasteiger partial charge in [0.05, 0.1) is 0 Å². The van der Waals surface area contributed by atoms with Gasteiger partial charge < -0.3 is 16.2 Å². The van der Waals surface area contributed by atoms with Gasteiger partial charge in [0.15, 0.2) is 0 Å². The Balaban J connectivity index is 2.03. The predicted molar refractivity (Wildman–Crippen MR) is 73.3 cm³/mol. The number of aliphatic hydroxyl groups excluding tert-OH is 1. The van der Waals surface area contributed by atoms with Crippen molar-refractivity contribution in [2.24, 2.45) is 0 Å². The van der Waals surface area contributed by atoms with Crippen LogP contribution in [0.3, 0.4) is 0 Å². The summed E-state index contributed by atoms with van der Waals surface area (Å²) >= 11 is 1.73. The molecule has 0 bridgehead atoms. The predicted octanol–water partition coefficient (Wildman–Crippen LogP) is 2.48. The second-order valence-electron chi connectivity index (χ2n) is 3.82. The highest BCUT2D eigenvalue weighted by Gasteiger charge is 2.01. The minimum Gasteiger partial charge on any atom is -0.399 e. The Bertz CT molecular complexity index is 468. The van der Waals surface area contributed by atoms with Crippen molar-refractivity contribution < 1.29 is 5.11 Å². The van der Waals surface area contributed by atoms with Crippen LogP contribution in [0.1, 0.15) is 10.4 Å². The van der Waals surface area contributed by atoms with Gasteiger partial charge in [0, 0.05) is 29.4 Å². The highest BCUT2D eigenvalue weighted by Crippen LogP contribution is 2.19. The van der Waals surface area contributed by atoms with Gasteiger partial charge in [-0.2, -0.15) is 0 Å². The van der Waals surface area contributed by atoms with E-state index in [4.69, 9.17) is 10.8 Å². The summed E-state index contributed by atoms with van der Waals surface area (Å²) in [5.74, 6) is 0. The van der Waals surface area contributed by atoms with E-state index in [1.807, 2.05) is 24.3 Å². The molecule has 1 aromatic heterocycles. The molecular weight excluding hydrogens is 232 g/mol. The van der Waals surface area contributed by atoms with Crippen LogP contribution in [0.5, 0.6) is 0 Å². The number of aliphatic hydroxyl groups is 1. The second-order valence-corrected chi connectivity index (χ2v) is 4.85. The first-order valence-corrected chi connectivity index (χ1v) is 6.43. The van der Waals surface area contributed by atoms with Crippen molar-refractivity contribution in [3.63, 3.8) is 0 Å². The zero-order chi connectivity index (χ0) is 12.1. The molecule has 17 heavy (non-hydrogen) atoms. The Kier molecular flexibility index (Phi) is 4.01. The van der Waals surface area contributed by atoms with Crippen molar-refractivity contribution >= 4 is 22.7 Å². The van der Waals surface area contributed by atoms with Crippen molar-refractivity contribution in [1.82, 2.24) is 0 Å². The van der Waals surface area contributed by atoms with E-state index in [9.17, 15) is 0 Å². The van der Waals surface area contributed by atoms with Crippen LogP contribution >= 0.6 is 11.3 Å². The van der Waals surface area contributed by atoms with Gasteiger partial charge in [-0.1, -0.05) is 6.07 Å². The van der Waals surface area contributed by atoms with Gasteiger partial charge in [-0.05, 0) is 41.6 Å². The molecule has 0 aliphatic heterocycles. The summed E-state index contributed by atoms with van der Waals surface area (Å²) in [5, 5.41) is 14.4. The van der Waals surface area contributed by atoms with Crippen molar-refractivity contribution in [2.45, 2.75) is 13.0 Å². The van der Waals surface area contributed by atoms with Gasteiger partial charge in [-0.3, -0.25) is 0 Å². The number of hydrogen-bond donors (Lipinski definition) is 3. The smallest absolute Gasteiger partial charge is 0.0494 e. The Morgan fingerprint density at radius 3 is 2.88 bits per heavy atom. The highest BCUT2D eigenvalue weighted by atomic mass is 32.1. The van der Waals surface area contributed by atoms with Crippen LogP contribution in [-0.4, -0.2) is 11.7 Å². The summed E-state index contributed by atoms with van der Waals surface area (Å²) in [4.78, 5) is 1.30. The molecule has 4 heteroatoms. The third-order valence-corrected chi connectivity index (χ3v) is 3.45. The van der Waals surface area contributed by atoms with E-state index in [0.717, 1.165) is 23.5 Å². The second kappa shape index (κ2) is 5.70. The van der Waals surface area contributed by atoms with E-state index in [1.54, 1.807) is 11.3 Å². The van der Waals surface area contributed by atoms with Crippen LogP contribution in [0.4, 0.5) is 11.4 Å². The van der Waals surface area contributed by atoms with Crippen LogP contribution in [-0.2, 0) is 13.0 Å². The van der Waals surface area contributed by atoms with E-state index < -0.39 is 0 Å². The monoisotopic (exact) mass is 248 g/mol. The van der Waals surface area contributed by atoms with Gasteiger partial charge >= 0.3 is 0 Å². The number of hydrogen-bond acceptors (Lipinski definition) is 4. The summed E-state index contributed by atoms with van der Waals surface area (Å²) in [6.45, 7) is 0.943. The third kappa shape index (κ3) is 3.22. The Morgan fingerprint density at radius 1 is 1.29 bits per heavy atom. The van der Waals surface area contributed by atoms with Gasteiger partial charge in [0.25, 0.3) is 0 Å². The first kappa shape index (κ1) is 12.0. The fourth-order valence-corrected chi connectivity index (χ4v) is 2.30. The van der Waals surface area contributed by atoms with Crippen LogP contribution in [0.25, 0.3) is 0 Å². The fraction of sp³-hybridized carbons (Fsp3) is 0.231. The van der Waals surface area contributed by atoms with Gasteiger partial charge in [0.2, 0.25) is 0 Å². The van der Waals surface area contributed by atoms with E-state index in [-0.39, 0.29) is 6.61 Å². The molecule has 0 atom stereocenters. The number of rotatable bonds is 5. The molecule has 1 aromatic carbocycles.